The summed E-state index contributed by atoms with van der Waals surface area (Å²) < 4.78 is 0. The second kappa shape index (κ2) is 2.51. The molecule has 0 saturated heterocycles. The molecule has 0 aromatic rings. The van der Waals surface area contributed by atoms with Gasteiger partial charge in [0.2, 0.25) is 0 Å². The smallest absolute Gasteiger partial charge is 0.0473 e. The molecule has 42 valence electrons. The van der Waals surface area contributed by atoms with Gasteiger partial charge in [0.25, 0.3) is 0 Å². The van der Waals surface area contributed by atoms with E-state index in [1.165, 1.54) is 0 Å². The fraction of sp³-hybridized carbons (Fsp3) is 0.667. The van der Waals surface area contributed by atoms with Gasteiger partial charge in [-0.1, -0.05) is 39.0 Å². The van der Waals surface area contributed by atoms with E-state index in [0.29, 0.717) is 0 Å². The van der Waals surface area contributed by atoms with E-state index in [1.54, 1.807) is 0 Å². The summed E-state index contributed by atoms with van der Waals surface area (Å²) in [6.45, 7) is 12.3. The SMILES string of the molecule is [CH2]C[Si](C)(C)C[CH2]. The van der Waals surface area contributed by atoms with Crippen LogP contribution < -0.4 is 0 Å². The molecule has 0 atom stereocenters. The minimum absolute atomic E-state index is 0.873. The molecule has 0 unspecified atom stereocenters. The Morgan fingerprint density at radius 1 is 1.14 bits per heavy atom. The molecule has 0 aromatic heterocycles. The maximum Gasteiger partial charge on any atom is 0.0473 e. The van der Waals surface area contributed by atoms with Gasteiger partial charge in [-0.05, 0) is 0 Å². The lowest BCUT2D eigenvalue weighted by atomic mass is 10.9. The summed E-state index contributed by atoms with van der Waals surface area (Å²) in [5, 5.41) is 0. The lowest BCUT2D eigenvalue weighted by Crippen LogP contribution is -2.21. The molecule has 0 aliphatic rings. The van der Waals surface area contributed by atoms with E-state index in [1.807, 2.05) is 0 Å². The van der Waals surface area contributed by atoms with Crippen LogP contribution in [0.2, 0.25) is 25.2 Å². The third-order valence-corrected chi connectivity index (χ3v) is 4.06. The molecule has 0 aliphatic heterocycles. The quantitative estimate of drug-likeness (QED) is 0.483. The molecule has 1 heteroatoms. The first kappa shape index (κ1) is 7.22. The van der Waals surface area contributed by atoms with Gasteiger partial charge in [0.05, 0.1) is 0 Å². The highest BCUT2D eigenvalue weighted by Gasteiger charge is 2.12. The van der Waals surface area contributed by atoms with Crippen molar-refractivity contribution in [3.05, 3.63) is 13.8 Å². The van der Waals surface area contributed by atoms with Gasteiger partial charge < -0.3 is 0 Å². The van der Waals surface area contributed by atoms with Crippen LogP contribution in [0.5, 0.6) is 0 Å². The summed E-state index contributed by atoms with van der Waals surface area (Å²) in [6, 6.07) is 2.24. The Labute approximate surface area is 47.9 Å². The van der Waals surface area contributed by atoms with Gasteiger partial charge in [0.1, 0.15) is 0 Å². The summed E-state index contributed by atoms with van der Waals surface area (Å²) >= 11 is 0. The molecule has 0 aliphatic carbocycles. The van der Waals surface area contributed by atoms with Crippen LogP contribution >= 0.6 is 0 Å². The van der Waals surface area contributed by atoms with E-state index in [4.69, 9.17) is 0 Å². The zero-order valence-electron chi connectivity index (χ0n) is 5.33. The van der Waals surface area contributed by atoms with Crippen molar-refractivity contribution in [2.75, 3.05) is 0 Å². The first-order chi connectivity index (χ1) is 3.12. The minimum Gasteiger partial charge on any atom is -0.0693 e. The second-order valence-electron chi connectivity index (χ2n) is 2.66. The van der Waals surface area contributed by atoms with Crippen LogP contribution in [-0.4, -0.2) is 8.07 Å². The van der Waals surface area contributed by atoms with Crippen molar-refractivity contribution in [2.45, 2.75) is 25.2 Å². The predicted molar refractivity (Wildman–Crippen MR) is 37.8 cm³/mol. The molecule has 0 nitrogen and oxygen atoms in total. The summed E-state index contributed by atoms with van der Waals surface area (Å²) in [5.41, 5.74) is 0. The van der Waals surface area contributed by atoms with E-state index in [2.05, 4.69) is 26.9 Å². The lowest BCUT2D eigenvalue weighted by molar-refractivity contribution is 1.42. The molecule has 0 fully saturated rings. The van der Waals surface area contributed by atoms with Crippen LogP contribution in [0.15, 0.2) is 0 Å². The Balaban J connectivity index is 3.36. The summed E-state index contributed by atoms with van der Waals surface area (Å²) in [5.74, 6) is 0. The average molecular weight is 114 g/mol. The van der Waals surface area contributed by atoms with Gasteiger partial charge >= 0.3 is 0 Å². The average Bonchev–Trinajstić information content (AvgIpc) is 1.68. The second-order valence-corrected chi connectivity index (χ2v) is 7.99. The fourth-order valence-electron chi connectivity index (χ4n) is 0.125. The molecule has 7 heavy (non-hydrogen) atoms. The highest BCUT2D eigenvalue weighted by Crippen LogP contribution is 2.11. The van der Waals surface area contributed by atoms with Gasteiger partial charge in [0, 0.05) is 8.07 Å². The highest BCUT2D eigenvalue weighted by atomic mass is 28.3. The molecule has 0 bridgehead atoms. The molecule has 0 amide bonds. The van der Waals surface area contributed by atoms with Crippen molar-refractivity contribution in [3.63, 3.8) is 0 Å². The van der Waals surface area contributed by atoms with E-state index >= 15 is 0 Å². The maximum absolute atomic E-state index is 3.85. The van der Waals surface area contributed by atoms with Crippen molar-refractivity contribution in [2.24, 2.45) is 0 Å². The van der Waals surface area contributed by atoms with Crippen LogP contribution in [0.3, 0.4) is 0 Å². The standard InChI is InChI=1S/C6H14Si/c1-5-7(3,4)6-2/h1-2,5-6H2,3-4H3. The molecule has 0 rings (SSSR count). The van der Waals surface area contributed by atoms with Gasteiger partial charge in [-0.25, -0.2) is 0 Å². The summed E-state index contributed by atoms with van der Waals surface area (Å²) in [6.07, 6.45) is 0. The molecular formula is C6H14Si. The Morgan fingerprint density at radius 2 is 1.43 bits per heavy atom. The lowest BCUT2D eigenvalue weighted by Gasteiger charge is -2.15. The number of hydrogen-bond donors (Lipinski definition) is 0. The Kier molecular flexibility index (Phi) is 2.58. The zero-order chi connectivity index (χ0) is 5.91. The maximum atomic E-state index is 3.85. The van der Waals surface area contributed by atoms with Crippen molar-refractivity contribution < 1.29 is 0 Å². The highest BCUT2D eigenvalue weighted by molar-refractivity contribution is 6.77. The van der Waals surface area contributed by atoms with Crippen LogP contribution in [0, 0.1) is 13.8 Å². The zero-order valence-corrected chi connectivity index (χ0v) is 6.33. The van der Waals surface area contributed by atoms with E-state index < -0.39 is 8.07 Å². The Hall–Kier alpha value is 0.217. The predicted octanol–water partition coefficient (Wildman–Crippen LogP) is 2.36. The molecule has 0 heterocycles. The largest absolute Gasteiger partial charge is 0.0693 e. The van der Waals surface area contributed by atoms with Crippen molar-refractivity contribution in [1.82, 2.24) is 0 Å². The van der Waals surface area contributed by atoms with Crippen LogP contribution in [0.1, 0.15) is 0 Å². The minimum atomic E-state index is -0.873. The number of hydrogen-bond acceptors (Lipinski definition) is 0. The van der Waals surface area contributed by atoms with Crippen molar-refractivity contribution >= 4 is 8.07 Å². The molecular weight excluding hydrogens is 100 g/mol. The topological polar surface area (TPSA) is 0 Å². The van der Waals surface area contributed by atoms with E-state index in [-0.39, 0.29) is 0 Å². The van der Waals surface area contributed by atoms with Gasteiger partial charge in [-0.15, -0.1) is 0 Å². The van der Waals surface area contributed by atoms with Gasteiger partial charge in [0.15, 0.2) is 0 Å². The van der Waals surface area contributed by atoms with Crippen LogP contribution in [0.4, 0.5) is 0 Å². The fourth-order valence-corrected chi connectivity index (χ4v) is 0.375. The van der Waals surface area contributed by atoms with Crippen LogP contribution in [0.25, 0.3) is 0 Å². The van der Waals surface area contributed by atoms with E-state index in [9.17, 15) is 0 Å². The first-order valence-corrected chi connectivity index (χ1v) is 6.12. The monoisotopic (exact) mass is 114 g/mol. The summed E-state index contributed by atoms with van der Waals surface area (Å²) in [4.78, 5) is 0. The molecule has 2 radical (unpaired) electrons. The van der Waals surface area contributed by atoms with Gasteiger partial charge in [-0.2, -0.15) is 0 Å². The van der Waals surface area contributed by atoms with Crippen LogP contribution in [-0.2, 0) is 0 Å². The molecule has 0 saturated carbocycles. The third-order valence-electron chi connectivity index (χ3n) is 1.35. The first-order valence-electron chi connectivity index (χ1n) is 2.71. The summed E-state index contributed by atoms with van der Waals surface area (Å²) in [7, 11) is -0.873. The Bertz CT molecular complexity index is 42.1. The normalized spacial score (nSPS) is 12.0. The van der Waals surface area contributed by atoms with Crippen molar-refractivity contribution in [3.8, 4) is 0 Å². The molecule has 0 N–H and O–H groups in total. The van der Waals surface area contributed by atoms with Gasteiger partial charge in [-0.3, -0.25) is 0 Å². The Morgan fingerprint density at radius 3 is 1.43 bits per heavy atom. The van der Waals surface area contributed by atoms with Crippen molar-refractivity contribution in [1.29, 1.82) is 0 Å². The molecule has 0 aromatic carbocycles. The number of rotatable bonds is 2. The molecule has 0 spiro atoms. The van der Waals surface area contributed by atoms with E-state index in [0.717, 1.165) is 12.1 Å². The third kappa shape index (κ3) is 2.86.